The molecule has 3 heterocycles. The summed E-state index contributed by atoms with van der Waals surface area (Å²) in [5.74, 6) is 2.66. The monoisotopic (exact) mass is 403 g/mol. The third kappa shape index (κ3) is 5.09. The fourth-order valence-corrected chi connectivity index (χ4v) is 3.76. The number of aromatic nitrogens is 3. The summed E-state index contributed by atoms with van der Waals surface area (Å²) in [6.07, 6.45) is 0.918. The Balaban J connectivity index is 1.64. The predicted molar refractivity (Wildman–Crippen MR) is 111 cm³/mol. The molecule has 2 N–H and O–H groups in total. The van der Waals surface area contributed by atoms with E-state index < -0.39 is 0 Å². The Morgan fingerprint density at radius 3 is 2.89 bits per heavy atom. The third-order valence-corrected chi connectivity index (χ3v) is 5.78. The fraction of sp³-hybridized carbons (Fsp3) is 0.579. The minimum atomic E-state index is 0.0306. The lowest BCUT2D eigenvalue weighted by molar-refractivity contribution is -0.133. The first-order valence-electron chi connectivity index (χ1n) is 9.65. The number of carbonyl (C=O) groups is 1. The van der Waals surface area contributed by atoms with Crippen LogP contribution < -0.4 is 10.6 Å². The maximum Gasteiger partial charge on any atom is 0.225 e. The maximum absolute atomic E-state index is 12.2. The van der Waals surface area contributed by atoms with Gasteiger partial charge in [-0.05, 0) is 24.8 Å². The van der Waals surface area contributed by atoms with E-state index in [1.54, 1.807) is 11.3 Å². The molecule has 0 aromatic carbocycles. The van der Waals surface area contributed by atoms with Gasteiger partial charge in [0.1, 0.15) is 12.4 Å². The van der Waals surface area contributed by atoms with Crippen LogP contribution in [-0.4, -0.2) is 50.7 Å². The normalized spacial score (nSPS) is 17.4. The van der Waals surface area contributed by atoms with Crippen LogP contribution in [0.25, 0.3) is 0 Å². The van der Waals surface area contributed by atoms with E-state index in [2.05, 4.69) is 32.3 Å². The summed E-state index contributed by atoms with van der Waals surface area (Å²) < 4.78 is 1.94. The van der Waals surface area contributed by atoms with E-state index in [1.165, 1.54) is 4.88 Å². The lowest BCUT2D eigenvalue weighted by atomic mass is 10.2. The van der Waals surface area contributed by atoms with E-state index in [9.17, 15) is 4.79 Å². The summed E-state index contributed by atoms with van der Waals surface area (Å²) in [5, 5.41) is 17.2. The van der Waals surface area contributed by atoms with E-state index >= 15 is 0 Å². The number of aliphatic imine (C=N–C) groups is 1. The Kier molecular flexibility index (Phi) is 6.66. The minimum absolute atomic E-state index is 0.0306. The van der Waals surface area contributed by atoms with Gasteiger partial charge in [-0.2, -0.15) is 0 Å². The molecule has 1 aliphatic rings. The van der Waals surface area contributed by atoms with E-state index in [-0.39, 0.29) is 17.9 Å². The highest BCUT2D eigenvalue weighted by molar-refractivity contribution is 7.09. The summed E-state index contributed by atoms with van der Waals surface area (Å²) in [6, 6.07) is 4.33. The molecule has 0 bridgehead atoms. The lowest BCUT2D eigenvalue weighted by Crippen LogP contribution is -2.45. The summed E-state index contributed by atoms with van der Waals surface area (Å²) in [4.78, 5) is 20.1. The van der Waals surface area contributed by atoms with E-state index in [4.69, 9.17) is 4.99 Å². The van der Waals surface area contributed by atoms with Gasteiger partial charge in [0.25, 0.3) is 0 Å². The standard InChI is InChI=1S/C19H29N7OS/c1-13(2)18(27)26-8-7-15(12-26)22-19(20-10-16-6-5-9-28-16)21-11-17-24-23-14(3)25(17)4/h5-6,9,13,15H,7-8,10-12H2,1-4H3,(H2,20,21,22). The highest BCUT2D eigenvalue weighted by Gasteiger charge is 2.28. The average Bonchev–Trinajstić information content (AvgIpc) is 3.41. The number of aryl methyl sites for hydroxylation is 1. The molecule has 8 nitrogen and oxygen atoms in total. The molecule has 2 aromatic heterocycles. The van der Waals surface area contributed by atoms with Crippen LogP contribution in [0.2, 0.25) is 0 Å². The second-order valence-corrected chi connectivity index (χ2v) is 8.42. The number of hydrogen-bond donors (Lipinski definition) is 2. The van der Waals surface area contributed by atoms with Gasteiger partial charge in [0, 0.05) is 37.0 Å². The van der Waals surface area contributed by atoms with Crippen molar-refractivity contribution in [2.45, 2.75) is 46.3 Å². The molecule has 0 spiro atoms. The van der Waals surface area contributed by atoms with Gasteiger partial charge in [0.2, 0.25) is 5.91 Å². The van der Waals surface area contributed by atoms with Crippen molar-refractivity contribution in [2.24, 2.45) is 18.0 Å². The van der Waals surface area contributed by atoms with Crippen molar-refractivity contribution in [2.75, 3.05) is 13.1 Å². The van der Waals surface area contributed by atoms with E-state index in [1.807, 2.05) is 43.4 Å². The number of carbonyl (C=O) groups excluding carboxylic acids is 1. The molecule has 28 heavy (non-hydrogen) atoms. The van der Waals surface area contributed by atoms with Gasteiger partial charge in [0.05, 0.1) is 6.54 Å². The zero-order valence-electron chi connectivity index (χ0n) is 17.0. The van der Waals surface area contributed by atoms with Crippen molar-refractivity contribution >= 4 is 23.2 Å². The van der Waals surface area contributed by atoms with Crippen molar-refractivity contribution in [1.82, 2.24) is 30.3 Å². The zero-order valence-corrected chi connectivity index (χ0v) is 17.8. The van der Waals surface area contributed by atoms with Gasteiger partial charge in [-0.25, -0.2) is 4.99 Å². The SMILES string of the molecule is Cc1nnc(CN=C(NCc2cccs2)NC2CCN(C(=O)C(C)C)C2)n1C. The van der Waals surface area contributed by atoms with Gasteiger partial charge in [-0.1, -0.05) is 19.9 Å². The maximum atomic E-state index is 12.2. The van der Waals surface area contributed by atoms with Crippen LogP contribution in [0.3, 0.4) is 0 Å². The Hall–Kier alpha value is -2.42. The Bertz CT molecular complexity index is 812. The minimum Gasteiger partial charge on any atom is -0.352 e. The lowest BCUT2D eigenvalue weighted by Gasteiger charge is -2.20. The Morgan fingerprint density at radius 2 is 2.25 bits per heavy atom. The molecular formula is C19H29N7OS. The average molecular weight is 404 g/mol. The molecule has 0 saturated carbocycles. The van der Waals surface area contributed by atoms with Crippen LogP contribution >= 0.6 is 11.3 Å². The number of rotatable bonds is 6. The first-order chi connectivity index (χ1) is 13.4. The van der Waals surface area contributed by atoms with Crippen LogP contribution in [0.15, 0.2) is 22.5 Å². The molecule has 3 rings (SSSR count). The molecule has 2 aromatic rings. The van der Waals surface area contributed by atoms with E-state index in [0.29, 0.717) is 19.6 Å². The highest BCUT2D eigenvalue weighted by Crippen LogP contribution is 2.13. The van der Waals surface area contributed by atoms with Gasteiger partial charge >= 0.3 is 0 Å². The molecular weight excluding hydrogens is 374 g/mol. The molecule has 1 atom stereocenters. The van der Waals surface area contributed by atoms with Crippen molar-refractivity contribution in [3.05, 3.63) is 34.0 Å². The van der Waals surface area contributed by atoms with Crippen LogP contribution in [0, 0.1) is 12.8 Å². The highest BCUT2D eigenvalue weighted by atomic mass is 32.1. The van der Waals surface area contributed by atoms with Crippen molar-refractivity contribution in [3.63, 3.8) is 0 Å². The summed E-state index contributed by atoms with van der Waals surface area (Å²) in [5.41, 5.74) is 0. The van der Waals surface area contributed by atoms with Gasteiger partial charge in [-0.3, -0.25) is 4.79 Å². The van der Waals surface area contributed by atoms with E-state index in [0.717, 1.165) is 30.6 Å². The van der Waals surface area contributed by atoms with Crippen LogP contribution in [0.4, 0.5) is 0 Å². The van der Waals surface area contributed by atoms with Gasteiger partial charge < -0.3 is 20.1 Å². The summed E-state index contributed by atoms with van der Waals surface area (Å²) in [7, 11) is 1.94. The number of thiophene rings is 1. The zero-order chi connectivity index (χ0) is 20.1. The molecule has 1 aliphatic heterocycles. The number of nitrogens with one attached hydrogen (secondary N) is 2. The quantitative estimate of drug-likeness (QED) is 0.566. The second kappa shape index (κ2) is 9.18. The Morgan fingerprint density at radius 1 is 1.43 bits per heavy atom. The second-order valence-electron chi connectivity index (χ2n) is 7.39. The predicted octanol–water partition coefficient (Wildman–Crippen LogP) is 1.68. The third-order valence-electron chi connectivity index (χ3n) is 4.91. The topological polar surface area (TPSA) is 87.4 Å². The van der Waals surface area contributed by atoms with Crippen LogP contribution in [0.5, 0.6) is 0 Å². The molecule has 152 valence electrons. The number of likely N-dealkylation sites (tertiary alicyclic amines) is 1. The number of hydrogen-bond acceptors (Lipinski definition) is 5. The number of amides is 1. The molecule has 0 radical (unpaired) electrons. The number of nitrogens with zero attached hydrogens (tertiary/aromatic N) is 5. The first kappa shape index (κ1) is 20.3. The van der Waals surface area contributed by atoms with Crippen LogP contribution in [0.1, 0.15) is 36.8 Å². The fourth-order valence-electron chi connectivity index (χ4n) is 3.11. The molecule has 0 aliphatic carbocycles. The molecule has 9 heteroatoms. The molecule has 1 unspecified atom stereocenters. The summed E-state index contributed by atoms with van der Waals surface area (Å²) >= 11 is 1.71. The largest absolute Gasteiger partial charge is 0.352 e. The van der Waals surface area contributed by atoms with Crippen molar-refractivity contribution < 1.29 is 4.79 Å². The summed E-state index contributed by atoms with van der Waals surface area (Å²) in [6.45, 7) is 8.46. The van der Waals surface area contributed by atoms with Gasteiger partial charge in [-0.15, -0.1) is 21.5 Å². The molecule has 1 fully saturated rings. The first-order valence-corrected chi connectivity index (χ1v) is 10.5. The smallest absolute Gasteiger partial charge is 0.225 e. The van der Waals surface area contributed by atoms with Crippen LogP contribution in [-0.2, 0) is 24.9 Å². The van der Waals surface area contributed by atoms with Crippen molar-refractivity contribution in [1.29, 1.82) is 0 Å². The van der Waals surface area contributed by atoms with Gasteiger partial charge in [0.15, 0.2) is 11.8 Å². The molecule has 1 saturated heterocycles. The Labute approximate surface area is 170 Å². The molecule has 1 amide bonds. The number of guanidine groups is 1. The van der Waals surface area contributed by atoms with Crippen molar-refractivity contribution in [3.8, 4) is 0 Å².